The maximum absolute atomic E-state index is 13.0. The number of anilines is 1. The highest BCUT2D eigenvalue weighted by atomic mass is 19.2. The first-order chi connectivity index (χ1) is 9.56. The summed E-state index contributed by atoms with van der Waals surface area (Å²) in [5.74, 6) is -2.25. The Hall–Kier alpha value is -2.43. The summed E-state index contributed by atoms with van der Waals surface area (Å²) >= 11 is 0. The molecule has 0 radical (unpaired) electrons. The van der Waals surface area contributed by atoms with Crippen molar-refractivity contribution in [1.29, 1.82) is 0 Å². The molecule has 0 heterocycles. The van der Waals surface area contributed by atoms with Crippen LogP contribution in [-0.4, -0.2) is 12.0 Å². The van der Waals surface area contributed by atoms with Gasteiger partial charge in [-0.15, -0.1) is 0 Å². The Morgan fingerprint density at radius 2 is 1.80 bits per heavy atom. The average molecular weight is 277 g/mol. The minimum atomic E-state index is -1.02. The summed E-state index contributed by atoms with van der Waals surface area (Å²) in [7, 11) is 0. The Morgan fingerprint density at radius 3 is 2.45 bits per heavy atom. The molecule has 0 aromatic heterocycles. The van der Waals surface area contributed by atoms with E-state index in [1.54, 1.807) is 24.3 Å². The van der Waals surface area contributed by atoms with Crippen LogP contribution in [0.15, 0.2) is 48.5 Å². The van der Waals surface area contributed by atoms with Crippen molar-refractivity contribution < 1.29 is 18.3 Å². The van der Waals surface area contributed by atoms with E-state index in [0.717, 1.165) is 12.1 Å². The Bertz CT molecular complexity index is 602. The Kier molecular flexibility index (Phi) is 4.30. The molecule has 0 saturated carbocycles. The zero-order chi connectivity index (χ0) is 14.5. The zero-order valence-corrected chi connectivity index (χ0v) is 10.8. The lowest BCUT2D eigenvalue weighted by atomic mass is 10.3. The Morgan fingerprint density at radius 1 is 1.10 bits per heavy atom. The first kappa shape index (κ1) is 14.0. The lowest BCUT2D eigenvalue weighted by molar-refractivity contribution is -0.122. The highest BCUT2D eigenvalue weighted by molar-refractivity contribution is 5.94. The molecule has 0 unspecified atom stereocenters. The van der Waals surface area contributed by atoms with Crippen molar-refractivity contribution in [3.63, 3.8) is 0 Å². The molecule has 1 N–H and O–H groups in total. The van der Waals surface area contributed by atoms with E-state index in [1.165, 1.54) is 13.0 Å². The van der Waals surface area contributed by atoms with E-state index < -0.39 is 17.7 Å². The van der Waals surface area contributed by atoms with Gasteiger partial charge < -0.3 is 10.1 Å². The number of amides is 1. The van der Waals surface area contributed by atoms with Crippen LogP contribution >= 0.6 is 0 Å². The number of nitrogens with one attached hydrogen (secondary N) is 1. The predicted molar refractivity (Wildman–Crippen MR) is 71.5 cm³/mol. The van der Waals surface area contributed by atoms with Crippen LogP contribution < -0.4 is 10.1 Å². The molecule has 0 aliphatic heterocycles. The van der Waals surface area contributed by atoms with Crippen molar-refractivity contribution >= 4 is 11.6 Å². The van der Waals surface area contributed by atoms with E-state index in [2.05, 4.69) is 5.32 Å². The Balaban J connectivity index is 1.98. The molecule has 104 valence electrons. The van der Waals surface area contributed by atoms with Gasteiger partial charge in [0.25, 0.3) is 5.91 Å². The normalized spacial score (nSPS) is 11.8. The van der Waals surface area contributed by atoms with Crippen molar-refractivity contribution in [3.05, 3.63) is 60.2 Å². The number of carbonyl (C=O) groups is 1. The van der Waals surface area contributed by atoms with Crippen LogP contribution in [-0.2, 0) is 4.79 Å². The van der Waals surface area contributed by atoms with E-state index in [0.29, 0.717) is 5.69 Å². The third-order valence-corrected chi connectivity index (χ3v) is 2.61. The molecule has 2 aromatic carbocycles. The van der Waals surface area contributed by atoms with Crippen LogP contribution in [0.4, 0.5) is 14.5 Å². The molecule has 0 aliphatic rings. The lowest BCUT2D eigenvalue weighted by Gasteiger charge is -2.14. The van der Waals surface area contributed by atoms with Crippen LogP contribution in [0, 0.1) is 11.6 Å². The molecular formula is C15H13F2NO2. The quantitative estimate of drug-likeness (QED) is 0.930. The molecule has 0 aliphatic carbocycles. The number of hydrogen-bond acceptors (Lipinski definition) is 2. The average Bonchev–Trinajstić information content (AvgIpc) is 2.44. The molecule has 1 amide bonds. The molecule has 2 aromatic rings. The second-order valence-electron chi connectivity index (χ2n) is 4.19. The van der Waals surface area contributed by atoms with E-state index in [9.17, 15) is 13.6 Å². The van der Waals surface area contributed by atoms with Gasteiger partial charge in [-0.05, 0) is 31.2 Å². The number of para-hydroxylation sites is 1. The van der Waals surface area contributed by atoms with E-state index >= 15 is 0 Å². The molecule has 2 rings (SSSR count). The van der Waals surface area contributed by atoms with E-state index in [-0.39, 0.29) is 11.7 Å². The summed E-state index contributed by atoms with van der Waals surface area (Å²) in [5, 5.41) is 2.66. The monoisotopic (exact) mass is 277 g/mol. The van der Waals surface area contributed by atoms with Crippen LogP contribution in [0.5, 0.6) is 5.75 Å². The topological polar surface area (TPSA) is 38.3 Å². The molecule has 0 fully saturated rings. The van der Waals surface area contributed by atoms with E-state index in [4.69, 9.17) is 4.74 Å². The van der Waals surface area contributed by atoms with Crippen molar-refractivity contribution in [3.8, 4) is 5.75 Å². The largest absolute Gasteiger partial charge is 0.481 e. The first-order valence-corrected chi connectivity index (χ1v) is 6.04. The highest BCUT2D eigenvalue weighted by Gasteiger charge is 2.15. The van der Waals surface area contributed by atoms with Gasteiger partial charge in [-0.25, -0.2) is 8.78 Å². The molecule has 3 nitrogen and oxygen atoms in total. The molecular weight excluding hydrogens is 264 g/mol. The molecule has 1 atom stereocenters. The van der Waals surface area contributed by atoms with Crippen LogP contribution in [0.2, 0.25) is 0 Å². The molecule has 20 heavy (non-hydrogen) atoms. The summed E-state index contributed by atoms with van der Waals surface area (Å²) in [6.07, 6.45) is -0.833. The van der Waals surface area contributed by atoms with Gasteiger partial charge in [0.1, 0.15) is 5.75 Å². The van der Waals surface area contributed by atoms with E-state index in [1.807, 2.05) is 6.07 Å². The maximum Gasteiger partial charge on any atom is 0.265 e. The van der Waals surface area contributed by atoms with Gasteiger partial charge >= 0.3 is 0 Å². The Labute approximate surface area is 115 Å². The molecule has 0 saturated heterocycles. The minimum Gasteiger partial charge on any atom is -0.481 e. The number of hydrogen-bond donors (Lipinski definition) is 1. The van der Waals surface area contributed by atoms with Gasteiger partial charge in [0, 0.05) is 11.8 Å². The maximum atomic E-state index is 13.0. The lowest BCUT2D eigenvalue weighted by Crippen LogP contribution is -2.30. The minimum absolute atomic E-state index is 0.0969. The predicted octanol–water partition coefficient (Wildman–Crippen LogP) is 3.37. The molecule has 0 spiro atoms. The van der Waals surface area contributed by atoms with Crippen LogP contribution in [0.25, 0.3) is 0 Å². The first-order valence-electron chi connectivity index (χ1n) is 6.04. The molecule has 0 bridgehead atoms. The van der Waals surface area contributed by atoms with Crippen molar-refractivity contribution in [1.82, 2.24) is 0 Å². The second kappa shape index (κ2) is 6.14. The third kappa shape index (κ3) is 3.54. The van der Waals surface area contributed by atoms with Crippen molar-refractivity contribution in [2.45, 2.75) is 13.0 Å². The number of ether oxygens (including phenoxy) is 1. The van der Waals surface area contributed by atoms with Crippen molar-refractivity contribution in [2.75, 3.05) is 5.32 Å². The van der Waals surface area contributed by atoms with Gasteiger partial charge in [-0.2, -0.15) is 0 Å². The van der Waals surface area contributed by atoms with Gasteiger partial charge in [-0.3, -0.25) is 4.79 Å². The van der Waals surface area contributed by atoms with Gasteiger partial charge in [0.05, 0.1) is 0 Å². The molecule has 5 heteroatoms. The smallest absolute Gasteiger partial charge is 0.265 e. The number of rotatable bonds is 4. The summed E-state index contributed by atoms with van der Waals surface area (Å²) < 4.78 is 31.1. The van der Waals surface area contributed by atoms with Gasteiger partial charge in [-0.1, -0.05) is 18.2 Å². The highest BCUT2D eigenvalue weighted by Crippen LogP contribution is 2.17. The summed E-state index contributed by atoms with van der Waals surface area (Å²) in [6.45, 7) is 1.53. The fourth-order valence-electron chi connectivity index (χ4n) is 1.57. The van der Waals surface area contributed by atoms with Crippen LogP contribution in [0.3, 0.4) is 0 Å². The zero-order valence-electron chi connectivity index (χ0n) is 10.8. The van der Waals surface area contributed by atoms with Crippen LogP contribution in [0.1, 0.15) is 6.92 Å². The summed E-state index contributed by atoms with van der Waals surface area (Å²) in [6, 6.07) is 12.0. The second-order valence-corrected chi connectivity index (χ2v) is 4.19. The SMILES string of the molecule is C[C@H](Oc1ccc(F)c(F)c1)C(=O)Nc1ccccc1. The third-order valence-electron chi connectivity index (χ3n) is 2.61. The fourth-order valence-corrected chi connectivity index (χ4v) is 1.57. The van der Waals surface area contributed by atoms with Gasteiger partial charge in [0.2, 0.25) is 0 Å². The number of carbonyl (C=O) groups excluding carboxylic acids is 1. The summed E-state index contributed by atoms with van der Waals surface area (Å²) in [5.41, 5.74) is 0.637. The fraction of sp³-hybridized carbons (Fsp3) is 0.133. The summed E-state index contributed by atoms with van der Waals surface area (Å²) in [4.78, 5) is 11.9. The van der Waals surface area contributed by atoms with Gasteiger partial charge in [0.15, 0.2) is 17.7 Å². The number of benzene rings is 2. The van der Waals surface area contributed by atoms with Crippen molar-refractivity contribution in [2.24, 2.45) is 0 Å². The number of halogens is 2. The standard InChI is InChI=1S/C15H13F2NO2/c1-10(15(19)18-11-5-3-2-4-6-11)20-12-7-8-13(16)14(17)9-12/h2-10H,1H3,(H,18,19)/t10-/m0/s1.